The van der Waals surface area contributed by atoms with Crippen molar-refractivity contribution < 1.29 is 0 Å². The fraction of sp³-hybridized carbons (Fsp3) is 0.267. The Balaban J connectivity index is 1.59. The molecular formula is C15H17N5. The van der Waals surface area contributed by atoms with E-state index in [9.17, 15) is 0 Å². The highest BCUT2D eigenvalue weighted by Crippen LogP contribution is 2.14. The summed E-state index contributed by atoms with van der Waals surface area (Å²) in [6, 6.07) is 8.20. The average molecular weight is 267 g/mol. The van der Waals surface area contributed by atoms with Gasteiger partial charge in [0.1, 0.15) is 5.82 Å². The number of fused-ring (bicyclic) bond motifs is 1. The van der Waals surface area contributed by atoms with Gasteiger partial charge < -0.3 is 9.88 Å². The first-order chi connectivity index (χ1) is 9.84. The molecule has 0 aliphatic rings. The van der Waals surface area contributed by atoms with E-state index in [2.05, 4.69) is 37.9 Å². The lowest BCUT2D eigenvalue weighted by Gasteiger charge is -2.04. The number of para-hydroxylation sites is 2. The van der Waals surface area contributed by atoms with Crippen LogP contribution in [0.3, 0.4) is 0 Å². The second-order valence-corrected chi connectivity index (χ2v) is 4.70. The molecule has 0 saturated carbocycles. The van der Waals surface area contributed by atoms with Crippen LogP contribution in [0.2, 0.25) is 0 Å². The number of imidazole rings is 1. The minimum Gasteiger partial charge on any atom is -0.331 e. The van der Waals surface area contributed by atoms with E-state index in [0.717, 1.165) is 36.5 Å². The van der Waals surface area contributed by atoms with Crippen LogP contribution in [0.5, 0.6) is 0 Å². The van der Waals surface area contributed by atoms with Crippen LogP contribution in [0.15, 0.2) is 42.9 Å². The molecule has 5 nitrogen and oxygen atoms in total. The first-order valence-corrected chi connectivity index (χ1v) is 6.70. The maximum Gasteiger partial charge on any atom is 0.110 e. The highest BCUT2D eigenvalue weighted by molar-refractivity contribution is 5.75. The molecule has 2 aromatic heterocycles. The molecule has 0 amide bonds. The quantitative estimate of drug-likeness (QED) is 0.715. The highest BCUT2D eigenvalue weighted by atomic mass is 15.1. The van der Waals surface area contributed by atoms with Crippen molar-refractivity contribution >= 4 is 11.0 Å². The largest absolute Gasteiger partial charge is 0.331 e. The second-order valence-electron chi connectivity index (χ2n) is 4.70. The first-order valence-electron chi connectivity index (χ1n) is 6.70. The van der Waals surface area contributed by atoms with Gasteiger partial charge in [0.15, 0.2) is 0 Å². The van der Waals surface area contributed by atoms with E-state index in [1.54, 1.807) is 18.6 Å². The zero-order valence-corrected chi connectivity index (χ0v) is 11.5. The van der Waals surface area contributed by atoms with Crippen LogP contribution >= 0.6 is 0 Å². The Hall–Kier alpha value is -2.27. The van der Waals surface area contributed by atoms with Gasteiger partial charge in [-0.2, -0.15) is 0 Å². The van der Waals surface area contributed by atoms with Crippen LogP contribution in [-0.2, 0) is 20.0 Å². The fourth-order valence-electron chi connectivity index (χ4n) is 2.26. The molecular weight excluding hydrogens is 250 g/mol. The van der Waals surface area contributed by atoms with Gasteiger partial charge in [-0.25, -0.2) is 4.98 Å². The Bertz CT molecular complexity index is 690. The van der Waals surface area contributed by atoms with E-state index in [1.807, 2.05) is 18.2 Å². The number of aromatic nitrogens is 4. The number of rotatable bonds is 5. The Kier molecular flexibility index (Phi) is 3.69. The van der Waals surface area contributed by atoms with Gasteiger partial charge >= 0.3 is 0 Å². The lowest BCUT2D eigenvalue weighted by molar-refractivity contribution is 0.647. The van der Waals surface area contributed by atoms with Crippen LogP contribution < -0.4 is 5.32 Å². The van der Waals surface area contributed by atoms with Crippen molar-refractivity contribution in [1.82, 2.24) is 24.8 Å². The van der Waals surface area contributed by atoms with Crippen molar-refractivity contribution in [3.05, 3.63) is 54.4 Å². The summed E-state index contributed by atoms with van der Waals surface area (Å²) in [4.78, 5) is 12.9. The van der Waals surface area contributed by atoms with E-state index in [1.165, 1.54) is 5.52 Å². The zero-order valence-electron chi connectivity index (χ0n) is 11.5. The van der Waals surface area contributed by atoms with E-state index in [-0.39, 0.29) is 0 Å². The van der Waals surface area contributed by atoms with Gasteiger partial charge in [-0.1, -0.05) is 12.1 Å². The number of benzene rings is 1. The van der Waals surface area contributed by atoms with Gasteiger partial charge in [-0.05, 0) is 12.1 Å². The Labute approximate surface area is 117 Å². The standard InChI is InChI=1S/C15H17N5/c1-20-14-5-3-2-4-13(14)19-15(20)6-7-16-10-12-11-17-8-9-18-12/h2-5,8-9,11,16H,6-7,10H2,1H3. The monoisotopic (exact) mass is 267 g/mol. The summed E-state index contributed by atoms with van der Waals surface area (Å²) < 4.78 is 2.15. The molecule has 2 heterocycles. The van der Waals surface area contributed by atoms with Crippen molar-refractivity contribution in [2.45, 2.75) is 13.0 Å². The van der Waals surface area contributed by atoms with Gasteiger partial charge in [-0.15, -0.1) is 0 Å². The van der Waals surface area contributed by atoms with Gasteiger partial charge in [0.25, 0.3) is 0 Å². The molecule has 3 aromatic rings. The number of aryl methyl sites for hydroxylation is 1. The molecule has 1 aromatic carbocycles. The van der Waals surface area contributed by atoms with Gasteiger partial charge in [0.2, 0.25) is 0 Å². The van der Waals surface area contributed by atoms with Crippen LogP contribution in [0.4, 0.5) is 0 Å². The molecule has 102 valence electrons. The summed E-state index contributed by atoms with van der Waals surface area (Å²) in [6.07, 6.45) is 6.07. The molecule has 0 radical (unpaired) electrons. The molecule has 0 aliphatic heterocycles. The fourth-order valence-corrected chi connectivity index (χ4v) is 2.26. The van der Waals surface area contributed by atoms with Crippen LogP contribution in [-0.4, -0.2) is 26.1 Å². The van der Waals surface area contributed by atoms with Crippen molar-refractivity contribution in [1.29, 1.82) is 0 Å². The zero-order chi connectivity index (χ0) is 13.8. The number of nitrogens with one attached hydrogen (secondary N) is 1. The summed E-state index contributed by atoms with van der Waals surface area (Å²) in [5.74, 6) is 1.10. The maximum absolute atomic E-state index is 4.65. The highest BCUT2D eigenvalue weighted by Gasteiger charge is 2.06. The Morgan fingerprint density at radius 2 is 2.10 bits per heavy atom. The van der Waals surface area contributed by atoms with Crippen LogP contribution in [0.25, 0.3) is 11.0 Å². The lowest BCUT2D eigenvalue weighted by atomic mass is 10.3. The van der Waals surface area contributed by atoms with Crippen LogP contribution in [0, 0.1) is 0 Å². The molecule has 1 N–H and O–H groups in total. The summed E-state index contributed by atoms with van der Waals surface area (Å²) in [5, 5.41) is 3.37. The third-order valence-electron chi connectivity index (χ3n) is 3.33. The Morgan fingerprint density at radius 1 is 1.20 bits per heavy atom. The van der Waals surface area contributed by atoms with E-state index in [0.29, 0.717) is 0 Å². The molecule has 0 spiro atoms. The summed E-state index contributed by atoms with van der Waals surface area (Å²) in [6.45, 7) is 1.60. The van der Waals surface area contributed by atoms with Crippen molar-refractivity contribution in [2.75, 3.05) is 6.54 Å². The molecule has 0 aliphatic carbocycles. The molecule has 0 fully saturated rings. The molecule has 20 heavy (non-hydrogen) atoms. The van der Waals surface area contributed by atoms with Gasteiger partial charge in [0.05, 0.1) is 16.7 Å². The molecule has 5 heteroatoms. The third-order valence-corrected chi connectivity index (χ3v) is 3.33. The number of nitrogens with zero attached hydrogens (tertiary/aromatic N) is 4. The average Bonchev–Trinajstić information content (AvgIpc) is 2.82. The molecule has 0 unspecified atom stereocenters. The normalized spacial score (nSPS) is 11.1. The summed E-state index contributed by atoms with van der Waals surface area (Å²) >= 11 is 0. The van der Waals surface area contributed by atoms with Crippen molar-refractivity contribution in [2.24, 2.45) is 7.05 Å². The number of hydrogen-bond acceptors (Lipinski definition) is 4. The predicted molar refractivity (Wildman–Crippen MR) is 78.2 cm³/mol. The SMILES string of the molecule is Cn1c(CCNCc2cnccn2)nc2ccccc21. The van der Waals surface area contributed by atoms with Crippen molar-refractivity contribution in [3.8, 4) is 0 Å². The van der Waals surface area contributed by atoms with E-state index in [4.69, 9.17) is 0 Å². The minimum absolute atomic E-state index is 0.734. The maximum atomic E-state index is 4.65. The lowest BCUT2D eigenvalue weighted by Crippen LogP contribution is -2.18. The van der Waals surface area contributed by atoms with E-state index < -0.39 is 0 Å². The van der Waals surface area contributed by atoms with E-state index >= 15 is 0 Å². The van der Waals surface area contributed by atoms with Crippen LogP contribution in [0.1, 0.15) is 11.5 Å². The summed E-state index contributed by atoms with van der Waals surface area (Å²) in [7, 11) is 2.06. The van der Waals surface area contributed by atoms with Gasteiger partial charge in [-0.3, -0.25) is 9.97 Å². The molecule has 0 saturated heterocycles. The first kappa shape index (κ1) is 12.7. The topological polar surface area (TPSA) is 55.6 Å². The Morgan fingerprint density at radius 3 is 2.90 bits per heavy atom. The molecule has 3 rings (SSSR count). The second kappa shape index (κ2) is 5.79. The van der Waals surface area contributed by atoms with Gasteiger partial charge in [0, 0.05) is 45.1 Å². The predicted octanol–water partition coefficient (Wildman–Crippen LogP) is 1.70. The third kappa shape index (κ3) is 2.67. The molecule has 0 bridgehead atoms. The molecule has 0 atom stereocenters. The number of hydrogen-bond donors (Lipinski definition) is 1. The van der Waals surface area contributed by atoms with Crippen molar-refractivity contribution in [3.63, 3.8) is 0 Å². The minimum atomic E-state index is 0.734. The summed E-state index contributed by atoms with van der Waals surface area (Å²) in [5.41, 5.74) is 3.19. The smallest absolute Gasteiger partial charge is 0.110 e.